The van der Waals surface area contributed by atoms with Crippen molar-refractivity contribution in [3.8, 4) is 16.9 Å². The van der Waals surface area contributed by atoms with Gasteiger partial charge in [0.05, 0.1) is 12.7 Å². The third kappa shape index (κ3) is 4.41. The number of hydrogen-bond donors (Lipinski definition) is 1. The highest BCUT2D eigenvalue weighted by Crippen LogP contribution is 2.24. The minimum absolute atomic E-state index is 0.0785. The van der Waals surface area contributed by atoms with Crippen molar-refractivity contribution in [1.29, 1.82) is 0 Å². The number of carbonyl (C=O) groups is 1. The Morgan fingerprint density at radius 2 is 1.92 bits per heavy atom. The summed E-state index contributed by atoms with van der Waals surface area (Å²) in [5.41, 5.74) is 2.63. The van der Waals surface area contributed by atoms with E-state index in [1.807, 2.05) is 35.2 Å². The Hall–Kier alpha value is -2.40. The summed E-state index contributed by atoms with van der Waals surface area (Å²) in [5.74, 6) is 1.56. The molecular weight excluding hydrogens is 326 g/mol. The molecule has 1 aliphatic rings. The average Bonchev–Trinajstić information content (AvgIpc) is 2.72. The smallest absolute Gasteiger partial charge is 0.255 e. The minimum Gasteiger partial charge on any atom is -0.497 e. The fourth-order valence-electron chi connectivity index (χ4n) is 3.37. The number of nitrogens with zero attached hydrogens (tertiary/aromatic N) is 2. The predicted molar refractivity (Wildman–Crippen MR) is 103 cm³/mol. The maximum atomic E-state index is 12.9. The third-order valence-corrected chi connectivity index (χ3v) is 4.99. The van der Waals surface area contributed by atoms with Gasteiger partial charge < -0.3 is 15.0 Å². The minimum atomic E-state index is 0.0785. The van der Waals surface area contributed by atoms with E-state index in [4.69, 9.17) is 4.74 Å². The standard InChI is InChI=1S/C21H27N3O2/c1-3-22-13-16-8-10-24(11-9-16)21(25)19-12-18(14-23-15-19)17-4-6-20(26-2)7-5-17/h4-7,12,14-16,22H,3,8-11,13H2,1-2H3. The van der Waals surface area contributed by atoms with Gasteiger partial charge >= 0.3 is 0 Å². The predicted octanol–water partition coefficient (Wildman–Crippen LogP) is 3.22. The lowest BCUT2D eigenvalue weighted by atomic mass is 9.96. The van der Waals surface area contributed by atoms with Crippen LogP contribution >= 0.6 is 0 Å². The van der Waals surface area contributed by atoms with Crippen LogP contribution < -0.4 is 10.1 Å². The largest absolute Gasteiger partial charge is 0.497 e. The van der Waals surface area contributed by atoms with E-state index in [9.17, 15) is 4.79 Å². The summed E-state index contributed by atoms with van der Waals surface area (Å²) < 4.78 is 5.20. The first-order valence-corrected chi connectivity index (χ1v) is 9.30. The van der Waals surface area contributed by atoms with Crippen LogP contribution in [0.15, 0.2) is 42.7 Å². The molecule has 1 N–H and O–H groups in total. The van der Waals surface area contributed by atoms with Crippen LogP contribution in [0, 0.1) is 5.92 Å². The van der Waals surface area contributed by atoms with Crippen molar-refractivity contribution in [2.75, 3.05) is 33.3 Å². The Kier molecular flexibility index (Phi) is 6.23. The van der Waals surface area contributed by atoms with Crippen molar-refractivity contribution in [2.45, 2.75) is 19.8 Å². The molecule has 26 heavy (non-hydrogen) atoms. The van der Waals surface area contributed by atoms with Crippen LogP contribution in [0.25, 0.3) is 11.1 Å². The van der Waals surface area contributed by atoms with Crippen LogP contribution in [0.2, 0.25) is 0 Å². The Morgan fingerprint density at radius 1 is 1.19 bits per heavy atom. The number of pyridine rings is 1. The summed E-state index contributed by atoms with van der Waals surface area (Å²) in [5, 5.41) is 3.41. The van der Waals surface area contributed by atoms with Crippen molar-refractivity contribution in [3.05, 3.63) is 48.3 Å². The van der Waals surface area contributed by atoms with Gasteiger partial charge in [-0.2, -0.15) is 0 Å². The number of amides is 1. The number of hydrogen-bond acceptors (Lipinski definition) is 4. The van der Waals surface area contributed by atoms with Crippen molar-refractivity contribution in [1.82, 2.24) is 15.2 Å². The summed E-state index contributed by atoms with van der Waals surface area (Å²) >= 11 is 0. The fraction of sp³-hybridized carbons (Fsp3) is 0.429. The zero-order valence-corrected chi connectivity index (χ0v) is 15.6. The van der Waals surface area contributed by atoms with Gasteiger partial charge in [0.1, 0.15) is 5.75 Å². The zero-order valence-electron chi connectivity index (χ0n) is 15.6. The van der Waals surface area contributed by atoms with Crippen molar-refractivity contribution >= 4 is 5.91 Å². The van der Waals surface area contributed by atoms with E-state index in [1.54, 1.807) is 19.5 Å². The zero-order chi connectivity index (χ0) is 18.4. The van der Waals surface area contributed by atoms with E-state index in [-0.39, 0.29) is 5.91 Å². The number of ether oxygens (including phenoxy) is 1. The van der Waals surface area contributed by atoms with Gasteiger partial charge in [0, 0.05) is 31.0 Å². The van der Waals surface area contributed by atoms with Gasteiger partial charge in [0.25, 0.3) is 5.91 Å². The van der Waals surface area contributed by atoms with E-state index < -0.39 is 0 Å². The molecule has 1 saturated heterocycles. The monoisotopic (exact) mass is 353 g/mol. The summed E-state index contributed by atoms with van der Waals surface area (Å²) in [6.45, 7) is 5.82. The van der Waals surface area contributed by atoms with Crippen molar-refractivity contribution in [2.24, 2.45) is 5.92 Å². The molecule has 138 valence electrons. The summed E-state index contributed by atoms with van der Waals surface area (Å²) in [6.07, 6.45) is 5.58. The first kappa shape index (κ1) is 18.4. The number of piperidine rings is 1. The number of methoxy groups -OCH3 is 1. The number of likely N-dealkylation sites (tertiary alicyclic amines) is 1. The topological polar surface area (TPSA) is 54.5 Å². The first-order chi connectivity index (χ1) is 12.7. The normalized spacial score (nSPS) is 15.1. The van der Waals surface area contributed by atoms with E-state index in [0.29, 0.717) is 11.5 Å². The van der Waals surface area contributed by atoms with Gasteiger partial charge in [-0.3, -0.25) is 9.78 Å². The number of nitrogens with one attached hydrogen (secondary N) is 1. The molecular formula is C21H27N3O2. The summed E-state index contributed by atoms with van der Waals surface area (Å²) in [6, 6.07) is 9.73. The molecule has 0 aliphatic carbocycles. The average molecular weight is 353 g/mol. The summed E-state index contributed by atoms with van der Waals surface area (Å²) in [4.78, 5) is 19.1. The second-order valence-electron chi connectivity index (χ2n) is 6.73. The van der Waals surface area contributed by atoms with Crippen LogP contribution in [0.4, 0.5) is 0 Å². The SMILES string of the molecule is CCNCC1CCN(C(=O)c2cncc(-c3ccc(OC)cc3)c2)CC1. The molecule has 0 atom stereocenters. The lowest BCUT2D eigenvalue weighted by molar-refractivity contribution is 0.0690. The molecule has 1 fully saturated rings. The second kappa shape index (κ2) is 8.81. The number of rotatable bonds is 6. The van der Waals surface area contributed by atoms with E-state index in [2.05, 4.69) is 17.2 Å². The molecule has 3 rings (SSSR count). The van der Waals surface area contributed by atoms with Crippen LogP contribution in [0.1, 0.15) is 30.1 Å². The highest BCUT2D eigenvalue weighted by atomic mass is 16.5. The van der Waals surface area contributed by atoms with E-state index in [0.717, 1.165) is 55.9 Å². The fourth-order valence-corrected chi connectivity index (χ4v) is 3.37. The Balaban J connectivity index is 1.67. The maximum Gasteiger partial charge on any atom is 0.255 e. The molecule has 0 radical (unpaired) electrons. The number of aromatic nitrogens is 1. The number of carbonyl (C=O) groups excluding carboxylic acids is 1. The van der Waals surface area contributed by atoms with E-state index >= 15 is 0 Å². The van der Waals surface area contributed by atoms with Gasteiger partial charge in [0.2, 0.25) is 0 Å². The van der Waals surface area contributed by atoms with E-state index in [1.165, 1.54) is 0 Å². The highest BCUT2D eigenvalue weighted by Gasteiger charge is 2.23. The summed E-state index contributed by atoms with van der Waals surface area (Å²) in [7, 11) is 1.65. The Bertz CT molecular complexity index is 722. The van der Waals surface area contributed by atoms with Crippen molar-refractivity contribution < 1.29 is 9.53 Å². The van der Waals surface area contributed by atoms with Gasteiger partial charge in [-0.1, -0.05) is 19.1 Å². The van der Waals surface area contributed by atoms with Gasteiger partial charge in [-0.25, -0.2) is 0 Å². The molecule has 1 amide bonds. The lowest BCUT2D eigenvalue weighted by Crippen LogP contribution is -2.40. The van der Waals surface area contributed by atoms with Crippen LogP contribution in [0.5, 0.6) is 5.75 Å². The number of benzene rings is 1. The quantitative estimate of drug-likeness (QED) is 0.866. The molecule has 0 saturated carbocycles. The highest BCUT2D eigenvalue weighted by molar-refractivity contribution is 5.95. The van der Waals surface area contributed by atoms with Crippen LogP contribution in [0.3, 0.4) is 0 Å². The van der Waals surface area contributed by atoms with Crippen LogP contribution in [-0.4, -0.2) is 49.1 Å². The van der Waals surface area contributed by atoms with Gasteiger partial charge in [0.15, 0.2) is 0 Å². The Morgan fingerprint density at radius 3 is 2.58 bits per heavy atom. The molecule has 1 aromatic carbocycles. The molecule has 5 heteroatoms. The van der Waals surface area contributed by atoms with Gasteiger partial charge in [-0.15, -0.1) is 0 Å². The Labute approximate surface area is 155 Å². The second-order valence-corrected chi connectivity index (χ2v) is 6.73. The van der Waals surface area contributed by atoms with Gasteiger partial charge in [-0.05, 0) is 55.6 Å². The van der Waals surface area contributed by atoms with Crippen LogP contribution in [-0.2, 0) is 0 Å². The third-order valence-electron chi connectivity index (χ3n) is 4.99. The van der Waals surface area contributed by atoms with Crippen molar-refractivity contribution in [3.63, 3.8) is 0 Å². The first-order valence-electron chi connectivity index (χ1n) is 9.30. The molecule has 1 aliphatic heterocycles. The molecule has 0 bridgehead atoms. The maximum absolute atomic E-state index is 12.9. The molecule has 1 aromatic heterocycles. The molecule has 0 spiro atoms. The lowest BCUT2D eigenvalue weighted by Gasteiger charge is -2.32. The molecule has 0 unspecified atom stereocenters. The molecule has 2 heterocycles. The molecule has 2 aromatic rings. The molecule has 5 nitrogen and oxygen atoms in total.